The van der Waals surface area contributed by atoms with Gasteiger partial charge in [-0.25, -0.2) is 4.39 Å². The van der Waals surface area contributed by atoms with E-state index >= 15 is 0 Å². The van der Waals surface area contributed by atoms with Gasteiger partial charge in [0, 0.05) is 35.7 Å². The van der Waals surface area contributed by atoms with Crippen LogP contribution in [0, 0.1) is 5.82 Å². The van der Waals surface area contributed by atoms with Crippen LogP contribution in [-0.2, 0) is 0 Å². The molecule has 1 aromatic heterocycles. The van der Waals surface area contributed by atoms with E-state index in [0.717, 1.165) is 23.2 Å². The van der Waals surface area contributed by atoms with Crippen molar-refractivity contribution in [1.29, 1.82) is 0 Å². The van der Waals surface area contributed by atoms with Crippen LogP contribution in [0.25, 0.3) is 11.1 Å². The SMILES string of the molecule is COc1ccc(NC2CCN(c3ccc(-c4cn[nH]c4)cc3)C2O)cc1F. The van der Waals surface area contributed by atoms with Crippen LogP contribution in [-0.4, -0.2) is 41.2 Å². The molecule has 4 rings (SSSR count). The first-order chi connectivity index (χ1) is 13.2. The molecular weight excluding hydrogens is 347 g/mol. The summed E-state index contributed by atoms with van der Waals surface area (Å²) in [6.45, 7) is 0.711. The van der Waals surface area contributed by atoms with Crippen LogP contribution in [0.15, 0.2) is 54.9 Å². The lowest BCUT2D eigenvalue weighted by Crippen LogP contribution is -2.38. The summed E-state index contributed by atoms with van der Waals surface area (Å²) in [4.78, 5) is 1.94. The Hall–Kier alpha value is -3.06. The maximum absolute atomic E-state index is 13.9. The Morgan fingerprint density at radius 1 is 1.22 bits per heavy atom. The van der Waals surface area contributed by atoms with Gasteiger partial charge in [-0.2, -0.15) is 5.10 Å². The smallest absolute Gasteiger partial charge is 0.167 e. The zero-order valence-electron chi connectivity index (χ0n) is 14.9. The number of nitrogens with one attached hydrogen (secondary N) is 2. The summed E-state index contributed by atoms with van der Waals surface area (Å²) in [5.41, 5.74) is 3.64. The molecule has 3 aromatic rings. The van der Waals surface area contributed by atoms with Gasteiger partial charge in [0.25, 0.3) is 0 Å². The summed E-state index contributed by atoms with van der Waals surface area (Å²) in [7, 11) is 1.43. The van der Waals surface area contributed by atoms with Gasteiger partial charge in [0.1, 0.15) is 6.23 Å². The number of hydrogen-bond donors (Lipinski definition) is 3. The molecule has 2 aromatic carbocycles. The quantitative estimate of drug-likeness (QED) is 0.645. The zero-order chi connectivity index (χ0) is 18.8. The van der Waals surface area contributed by atoms with E-state index in [-0.39, 0.29) is 11.8 Å². The number of aromatic nitrogens is 2. The largest absolute Gasteiger partial charge is 0.494 e. The Kier molecular flexibility index (Phi) is 4.68. The summed E-state index contributed by atoms with van der Waals surface area (Å²) in [6.07, 6.45) is 3.66. The first-order valence-corrected chi connectivity index (χ1v) is 8.80. The molecule has 0 saturated carbocycles. The van der Waals surface area contributed by atoms with Crippen molar-refractivity contribution in [2.45, 2.75) is 18.7 Å². The Labute approximate surface area is 156 Å². The highest BCUT2D eigenvalue weighted by Gasteiger charge is 2.32. The van der Waals surface area contributed by atoms with E-state index in [4.69, 9.17) is 4.74 Å². The van der Waals surface area contributed by atoms with Crippen LogP contribution in [0.5, 0.6) is 5.75 Å². The fraction of sp³-hybridized carbons (Fsp3) is 0.250. The Balaban J connectivity index is 1.45. The third kappa shape index (κ3) is 3.46. The van der Waals surface area contributed by atoms with Crippen LogP contribution in [0.3, 0.4) is 0 Å². The van der Waals surface area contributed by atoms with E-state index in [1.807, 2.05) is 35.4 Å². The average molecular weight is 368 g/mol. The minimum atomic E-state index is -0.699. The van der Waals surface area contributed by atoms with Crippen LogP contribution in [0.2, 0.25) is 0 Å². The first kappa shape index (κ1) is 17.4. The molecule has 0 spiro atoms. The van der Waals surface area contributed by atoms with E-state index in [9.17, 15) is 9.50 Å². The zero-order valence-corrected chi connectivity index (χ0v) is 14.9. The number of anilines is 2. The molecule has 0 bridgehead atoms. The summed E-state index contributed by atoms with van der Waals surface area (Å²) >= 11 is 0. The Morgan fingerprint density at radius 3 is 2.70 bits per heavy atom. The third-order valence-corrected chi connectivity index (χ3v) is 4.89. The van der Waals surface area contributed by atoms with Gasteiger partial charge in [-0.15, -0.1) is 0 Å². The van der Waals surface area contributed by atoms with Crippen molar-refractivity contribution in [1.82, 2.24) is 10.2 Å². The minimum Gasteiger partial charge on any atom is -0.494 e. The number of halogens is 1. The predicted octanol–water partition coefficient (Wildman–Crippen LogP) is 3.23. The molecule has 6 nitrogen and oxygen atoms in total. The van der Waals surface area contributed by atoms with Gasteiger partial charge < -0.3 is 20.1 Å². The van der Waals surface area contributed by atoms with Crippen molar-refractivity contribution in [2.24, 2.45) is 0 Å². The number of hydrogen-bond acceptors (Lipinski definition) is 5. The molecule has 0 aliphatic carbocycles. The molecule has 7 heteroatoms. The minimum absolute atomic E-state index is 0.189. The second-order valence-electron chi connectivity index (χ2n) is 6.53. The van der Waals surface area contributed by atoms with E-state index in [1.54, 1.807) is 18.3 Å². The van der Waals surface area contributed by atoms with Gasteiger partial charge in [-0.1, -0.05) is 12.1 Å². The lowest BCUT2D eigenvalue weighted by atomic mass is 10.1. The van der Waals surface area contributed by atoms with E-state index < -0.39 is 12.0 Å². The molecule has 1 fully saturated rings. The number of nitrogens with zero attached hydrogens (tertiary/aromatic N) is 2. The van der Waals surface area contributed by atoms with Crippen molar-refractivity contribution in [3.63, 3.8) is 0 Å². The number of aliphatic hydroxyl groups is 1. The number of benzene rings is 2. The van der Waals surface area contributed by atoms with Crippen molar-refractivity contribution in [3.8, 4) is 16.9 Å². The molecule has 0 radical (unpaired) electrons. The number of rotatable bonds is 5. The van der Waals surface area contributed by atoms with Crippen LogP contribution in [0.4, 0.5) is 15.8 Å². The van der Waals surface area contributed by atoms with Gasteiger partial charge in [-0.3, -0.25) is 5.10 Å². The van der Waals surface area contributed by atoms with E-state index in [0.29, 0.717) is 12.2 Å². The van der Waals surface area contributed by atoms with Crippen molar-refractivity contribution in [2.75, 3.05) is 23.9 Å². The van der Waals surface area contributed by atoms with Gasteiger partial charge in [0.05, 0.1) is 19.3 Å². The van der Waals surface area contributed by atoms with Crippen LogP contribution in [0.1, 0.15) is 6.42 Å². The monoisotopic (exact) mass is 368 g/mol. The average Bonchev–Trinajstić information content (AvgIpc) is 3.33. The van der Waals surface area contributed by atoms with Crippen molar-refractivity contribution >= 4 is 11.4 Å². The lowest BCUT2D eigenvalue weighted by molar-refractivity contribution is 0.174. The summed E-state index contributed by atoms with van der Waals surface area (Å²) in [6, 6.07) is 12.5. The maximum Gasteiger partial charge on any atom is 0.167 e. The number of ether oxygens (including phenoxy) is 1. The Morgan fingerprint density at radius 2 is 2.04 bits per heavy atom. The second-order valence-corrected chi connectivity index (χ2v) is 6.53. The van der Waals surface area contributed by atoms with Gasteiger partial charge in [0.15, 0.2) is 11.6 Å². The van der Waals surface area contributed by atoms with Gasteiger partial charge in [-0.05, 0) is 36.2 Å². The molecule has 1 saturated heterocycles. The predicted molar refractivity (Wildman–Crippen MR) is 102 cm³/mol. The van der Waals surface area contributed by atoms with Crippen molar-refractivity contribution < 1.29 is 14.2 Å². The molecular formula is C20H21FN4O2. The van der Waals surface area contributed by atoms with Crippen LogP contribution >= 0.6 is 0 Å². The second kappa shape index (κ2) is 7.28. The normalized spacial score (nSPS) is 19.3. The van der Waals surface area contributed by atoms with E-state index in [2.05, 4.69) is 15.5 Å². The molecule has 140 valence electrons. The first-order valence-electron chi connectivity index (χ1n) is 8.80. The summed E-state index contributed by atoms with van der Waals surface area (Å²) in [5, 5.41) is 20.7. The van der Waals surface area contributed by atoms with Crippen molar-refractivity contribution in [3.05, 3.63) is 60.7 Å². The van der Waals surface area contributed by atoms with E-state index in [1.165, 1.54) is 13.2 Å². The van der Waals surface area contributed by atoms with Crippen LogP contribution < -0.4 is 15.0 Å². The van der Waals surface area contributed by atoms with Gasteiger partial charge >= 0.3 is 0 Å². The standard InChI is InChI=1S/C20H21FN4O2/c1-27-19-7-4-15(10-17(19)21)24-18-8-9-25(20(18)26)16-5-2-13(3-6-16)14-11-22-23-12-14/h2-7,10-12,18,20,24,26H,8-9H2,1H3,(H,22,23). The molecule has 1 aliphatic rings. The number of aliphatic hydroxyl groups excluding tert-OH is 1. The topological polar surface area (TPSA) is 73.4 Å². The molecule has 2 heterocycles. The number of methoxy groups -OCH3 is 1. The highest BCUT2D eigenvalue weighted by atomic mass is 19.1. The molecule has 2 atom stereocenters. The maximum atomic E-state index is 13.9. The van der Waals surface area contributed by atoms with Gasteiger partial charge in [0.2, 0.25) is 0 Å². The summed E-state index contributed by atoms with van der Waals surface area (Å²) in [5.74, 6) is -0.228. The molecule has 3 N–H and O–H groups in total. The molecule has 27 heavy (non-hydrogen) atoms. The fourth-order valence-corrected chi connectivity index (χ4v) is 3.43. The lowest BCUT2D eigenvalue weighted by Gasteiger charge is -2.26. The summed E-state index contributed by atoms with van der Waals surface area (Å²) < 4.78 is 18.8. The third-order valence-electron chi connectivity index (χ3n) is 4.89. The molecule has 1 aliphatic heterocycles. The number of aromatic amines is 1. The highest BCUT2D eigenvalue weighted by molar-refractivity contribution is 5.65. The highest BCUT2D eigenvalue weighted by Crippen LogP contribution is 2.29. The fourth-order valence-electron chi connectivity index (χ4n) is 3.43. The number of H-pyrrole nitrogens is 1. The molecule has 0 amide bonds. The molecule has 2 unspecified atom stereocenters. The Bertz CT molecular complexity index is 899.